The highest BCUT2D eigenvalue weighted by atomic mass is 19.4. The number of benzene rings is 2. The lowest BCUT2D eigenvalue weighted by Crippen LogP contribution is -2.63. The van der Waals surface area contributed by atoms with Crippen LogP contribution < -0.4 is 26.3 Å². The Morgan fingerprint density at radius 2 is 1.38 bits per heavy atom. The van der Waals surface area contributed by atoms with Crippen molar-refractivity contribution in [2.45, 2.75) is 96.3 Å². The molecule has 28 heteroatoms. The van der Waals surface area contributed by atoms with Crippen LogP contribution in [0.25, 0.3) is 11.1 Å². The van der Waals surface area contributed by atoms with Crippen molar-refractivity contribution in [3.63, 3.8) is 0 Å². The Morgan fingerprint density at radius 3 is 1.89 bits per heavy atom. The number of carbonyl (C=O) groups is 4. The molecule has 6 atom stereocenters. The van der Waals surface area contributed by atoms with E-state index in [2.05, 4.69) is 41.8 Å². The number of nitrogens with zero attached hydrogens (tertiary/aromatic N) is 6. The van der Waals surface area contributed by atoms with Crippen molar-refractivity contribution < 1.29 is 82.8 Å². The Morgan fingerprint density at radius 1 is 0.802 bits per heavy atom. The van der Waals surface area contributed by atoms with Crippen LogP contribution in [0.3, 0.4) is 0 Å². The molecule has 6 N–H and O–H groups in total. The monoisotopic (exact) mass is 1150 g/mol. The minimum absolute atomic E-state index is 0.186. The molecule has 3 aliphatic heterocycles. The average Bonchev–Trinajstić information content (AvgIpc) is 4.06. The summed E-state index contributed by atoms with van der Waals surface area (Å²) in [4.78, 5) is 61.6. The van der Waals surface area contributed by atoms with E-state index < -0.39 is 115 Å². The van der Waals surface area contributed by atoms with Crippen LogP contribution >= 0.6 is 0 Å². The van der Waals surface area contributed by atoms with Gasteiger partial charge in [-0.3, -0.25) is 19.9 Å². The first-order valence-corrected chi connectivity index (χ1v) is 25.4. The molecular weight excluding hydrogens is 1090 g/mol. The van der Waals surface area contributed by atoms with E-state index in [1.165, 1.54) is 29.6 Å². The van der Waals surface area contributed by atoms with E-state index in [1.807, 2.05) is 22.9 Å². The number of likely N-dealkylation sites (tertiary alicyclic amines) is 1. The Labute approximate surface area is 458 Å². The highest BCUT2D eigenvalue weighted by molar-refractivity contribution is 5.87. The van der Waals surface area contributed by atoms with Crippen LogP contribution in [0.15, 0.2) is 67.1 Å². The Balaban J connectivity index is 1.17. The number of carboxylic acid groups (broad SMARTS) is 1. The number of aliphatic hydroxyl groups is 1. The number of hydrogen-bond donors (Lipinski definition) is 6. The minimum atomic E-state index is -5.28. The summed E-state index contributed by atoms with van der Waals surface area (Å²) in [6, 6.07) is 4.62. The summed E-state index contributed by atoms with van der Waals surface area (Å²) in [5, 5.41) is 31.0. The maximum atomic E-state index is 16.0. The normalized spacial score (nSPS) is 18.7. The molecule has 18 nitrogen and oxygen atoms in total. The average molecular weight is 1160 g/mol. The number of alkyl carbamates (subject to hydrolysis) is 1. The van der Waals surface area contributed by atoms with E-state index in [0.29, 0.717) is 73.8 Å². The van der Waals surface area contributed by atoms with Crippen LogP contribution in [0.2, 0.25) is 0 Å². The van der Waals surface area contributed by atoms with E-state index in [0.717, 1.165) is 71.1 Å². The molecule has 4 amide bonds. The quantitative estimate of drug-likeness (QED) is 0.0331. The molecule has 3 saturated heterocycles. The van der Waals surface area contributed by atoms with Gasteiger partial charge in [-0.05, 0) is 99.9 Å². The van der Waals surface area contributed by atoms with Gasteiger partial charge in [-0.1, -0.05) is 24.0 Å². The minimum Gasteiger partial charge on any atom is -0.465 e. The second-order valence-electron chi connectivity index (χ2n) is 21.4. The summed E-state index contributed by atoms with van der Waals surface area (Å²) in [5.74, 6) is 1.67. The van der Waals surface area contributed by atoms with Gasteiger partial charge in [-0.25, -0.2) is 33.0 Å². The second-order valence-corrected chi connectivity index (χ2v) is 21.4. The number of hydrazine groups is 1. The van der Waals surface area contributed by atoms with Gasteiger partial charge in [0.25, 0.3) is 5.91 Å². The van der Waals surface area contributed by atoms with Crippen LogP contribution in [0, 0.1) is 46.1 Å². The third kappa shape index (κ3) is 14.8. The Hall–Kier alpha value is -7.22. The molecule has 7 rings (SSSR count). The number of alkyl halides is 8. The fourth-order valence-electron chi connectivity index (χ4n) is 9.76. The van der Waals surface area contributed by atoms with E-state index in [1.54, 1.807) is 6.20 Å². The summed E-state index contributed by atoms with van der Waals surface area (Å²) < 4.78 is 155. The van der Waals surface area contributed by atoms with Crippen molar-refractivity contribution in [2.24, 2.45) is 22.7 Å². The molecule has 3 fully saturated rings. The summed E-state index contributed by atoms with van der Waals surface area (Å²) in [6.07, 6.45) is -12.3. The van der Waals surface area contributed by atoms with Crippen LogP contribution in [0.5, 0.6) is 0 Å². The van der Waals surface area contributed by atoms with Gasteiger partial charge in [0.1, 0.15) is 29.5 Å². The largest absolute Gasteiger partial charge is 0.465 e. The molecule has 5 heterocycles. The van der Waals surface area contributed by atoms with E-state index >= 15 is 8.78 Å². The standard InChI is InChI=1S/C53H60F10N10O8/c1-50(2,52(58,59)60)43(68-49(79)80-5)45(75)66-40(15-30-9-6-29(7-10-30)8-11-31-12-13-42(64-18-31)71-22-32-14-33(23-71)21-70(20-32)36-27-81-28-36)41(74)26-72(69-46(76)44(67-48(77)78)51(3,4)53(61,62)63)25-37-38(54)16-34(17-39(37)55)35-19-65-73(24-35)47(56)57/h6-7,9-10,12-13,16-19,24,32-33,36,40-41,43-44,47,67,74H,14-15,20-23,25-28H2,1-5H3,(H,66,75)(H,68,79)(H,69,76)(H,77,78)/t32?,33?,40-,41-,43+,44+/m0/s1. The maximum absolute atomic E-state index is 16.0. The lowest BCUT2D eigenvalue weighted by molar-refractivity contribution is -0.221. The van der Waals surface area contributed by atoms with Crippen LogP contribution in [0.1, 0.15) is 62.9 Å². The number of anilines is 1. The SMILES string of the molecule is COC(=O)N[C@H](C(=O)N[C@@H](Cc1ccc(C#Cc2ccc(N3CC4CC(C3)CN(C3COC3)C4)nc2)cc1)[C@@H](O)CN(Cc1c(F)cc(-c2cnn(C(F)F)c2)cc1F)NC(=O)[C@@H](NC(=O)O)C(C)(C)C(F)(F)F)C(C)(C)C(F)(F)F. The molecule has 2 bridgehead atoms. The van der Waals surface area contributed by atoms with E-state index in [9.17, 15) is 64.5 Å². The Kier molecular flexibility index (Phi) is 18.9. The predicted octanol–water partition coefficient (Wildman–Crippen LogP) is 6.63. The molecule has 2 unspecified atom stereocenters. The Bertz CT molecular complexity index is 2910. The molecule has 4 aromatic rings. The first-order chi connectivity index (χ1) is 37.9. The summed E-state index contributed by atoms with van der Waals surface area (Å²) >= 11 is 0. The van der Waals surface area contributed by atoms with Gasteiger partial charge in [-0.15, -0.1) is 0 Å². The van der Waals surface area contributed by atoms with Crippen LogP contribution in [-0.4, -0.2) is 155 Å². The fourth-order valence-corrected chi connectivity index (χ4v) is 9.76. The maximum Gasteiger partial charge on any atom is 0.407 e. The number of pyridine rings is 1. The number of amides is 4. The molecule has 0 saturated carbocycles. The number of ether oxygens (including phenoxy) is 2. The van der Waals surface area contributed by atoms with Gasteiger partial charge in [0.05, 0.1) is 55.5 Å². The molecule has 0 aliphatic carbocycles. The van der Waals surface area contributed by atoms with Crippen molar-refractivity contribution in [1.29, 1.82) is 0 Å². The van der Waals surface area contributed by atoms with Gasteiger partial charge in [0.2, 0.25) is 5.91 Å². The summed E-state index contributed by atoms with van der Waals surface area (Å²) in [6.45, 7) is 1.94. The zero-order valence-corrected chi connectivity index (χ0v) is 44.3. The molecule has 0 radical (unpaired) electrons. The van der Waals surface area contributed by atoms with Crippen LogP contribution in [0.4, 0.5) is 59.3 Å². The number of hydrogen-bond acceptors (Lipinski definition) is 12. The third-order valence-electron chi connectivity index (χ3n) is 14.8. The number of aliphatic hydroxyl groups excluding tert-OH is 1. The fraction of sp³-hybridized carbons (Fsp3) is 0.509. The number of halogens is 10. The van der Waals surface area contributed by atoms with Crippen molar-refractivity contribution in [3.8, 4) is 23.0 Å². The van der Waals surface area contributed by atoms with Gasteiger partial charge < -0.3 is 40.5 Å². The second kappa shape index (κ2) is 24.9. The van der Waals surface area contributed by atoms with Gasteiger partial charge in [0, 0.05) is 73.9 Å². The topological polar surface area (TPSA) is 216 Å². The number of piperidine rings is 2. The molecule has 3 aliphatic rings. The molecule has 81 heavy (non-hydrogen) atoms. The number of aromatic nitrogens is 3. The van der Waals surface area contributed by atoms with Crippen molar-refractivity contribution in [1.82, 2.24) is 46.0 Å². The van der Waals surface area contributed by atoms with Crippen molar-refractivity contribution in [3.05, 3.63) is 101 Å². The number of methoxy groups -OCH3 is 1. The zero-order valence-electron chi connectivity index (χ0n) is 44.3. The smallest absolute Gasteiger partial charge is 0.407 e. The first-order valence-electron chi connectivity index (χ1n) is 25.4. The number of rotatable bonds is 19. The number of carbonyl (C=O) groups excluding carboxylic acids is 3. The van der Waals surface area contributed by atoms with E-state index in [4.69, 9.17) is 4.74 Å². The molecule has 0 spiro atoms. The van der Waals surface area contributed by atoms with Crippen LogP contribution in [-0.2, 0) is 32.0 Å². The number of nitrogens with one attached hydrogen (secondary N) is 4. The molecular formula is C53H60F10N10O8. The van der Waals surface area contributed by atoms with Gasteiger partial charge >= 0.3 is 31.1 Å². The highest BCUT2D eigenvalue weighted by Gasteiger charge is 2.57. The van der Waals surface area contributed by atoms with Gasteiger partial charge in [-0.2, -0.15) is 40.2 Å². The summed E-state index contributed by atoms with van der Waals surface area (Å²) in [5.41, 5.74) is -4.46. The van der Waals surface area contributed by atoms with Crippen molar-refractivity contribution in [2.75, 3.05) is 57.9 Å². The zero-order chi connectivity index (χ0) is 59.4. The summed E-state index contributed by atoms with van der Waals surface area (Å²) in [7, 11) is 0.813. The molecule has 2 aromatic carbocycles. The number of fused-ring (bicyclic) bond motifs is 2. The predicted molar refractivity (Wildman–Crippen MR) is 270 cm³/mol. The lowest BCUT2D eigenvalue weighted by Gasteiger charge is -2.50. The van der Waals surface area contributed by atoms with Gasteiger partial charge in [0.15, 0.2) is 0 Å². The highest BCUT2D eigenvalue weighted by Crippen LogP contribution is 2.42. The molecule has 440 valence electrons. The van der Waals surface area contributed by atoms with Crippen molar-refractivity contribution >= 4 is 29.8 Å². The molecule has 2 aromatic heterocycles. The first kappa shape index (κ1) is 61.4. The van der Waals surface area contributed by atoms with E-state index in [-0.39, 0.29) is 21.4 Å². The lowest BCUT2D eigenvalue weighted by atomic mass is 9.82. The third-order valence-corrected chi connectivity index (χ3v) is 14.8.